The lowest BCUT2D eigenvalue weighted by atomic mass is 9.70. The van der Waals surface area contributed by atoms with Gasteiger partial charge in [-0.25, -0.2) is 0 Å². The summed E-state index contributed by atoms with van der Waals surface area (Å²) in [6.07, 6.45) is 8.42. The van der Waals surface area contributed by atoms with Crippen molar-refractivity contribution in [1.29, 1.82) is 0 Å². The lowest BCUT2D eigenvalue weighted by Crippen LogP contribution is -2.52. The minimum Gasteiger partial charge on any atom is -0.383 e. The summed E-state index contributed by atoms with van der Waals surface area (Å²) in [5, 5.41) is 0. The Balaban J connectivity index is 1.71. The van der Waals surface area contributed by atoms with Gasteiger partial charge in [0.05, 0.1) is 18.6 Å². The summed E-state index contributed by atoms with van der Waals surface area (Å²) in [5.74, 6) is 0.504. The fraction of sp³-hybridized carbons (Fsp3) is 0.905. The predicted molar refractivity (Wildman–Crippen MR) is 105 cm³/mol. The lowest BCUT2D eigenvalue weighted by Gasteiger charge is -2.39. The second-order valence-corrected chi connectivity index (χ2v) is 8.70. The number of rotatable bonds is 7. The molecular weight excluding hydrogens is 342 g/mol. The molecule has 3 aliphatic heterocycles. The van der Waals surface area contributed by atoms with Crippen LogP contribution in [-0.4, -0.2) is 85.5 Å². The van der Waals surface area contributed by atoms with Gasteiger partial charge in [-0.05, 0) is 45.6 Å². The first-order valence-electron chi connectivity index (χ1n) is 10.8. The molecule has 0 N–H and O–H groups in total. The molecule has 2 bridgehead atoms. The highest BCUT2D eigenvalue weighted by Crippen LogP contribution is 2.52. The van der Waals surface area contributed by atoms with E-state index in [2.05, 4.69) is 16.7 Å². The zero-order chi connectivity index (χ0) is 19.4. The minimum atomic E-state index is -0.353. The second-order valence-electron chi connectivity index (χ2n) is 8.70. The Morgan fingerprint density at radius 2 is 1.85 bits per heavy atom. The van der Waals surface area contributed by atoms with E-state index in [0.29, 0.717) is 19.1 Å². The number of nitrogens with zero attached hydrogens (tertiary/aromatic N) is 3. The molecule has 154 valence electrons. The third kappa shape index (κ3) is 4.02. The van der Waals surface area contributed by atoms with E-state index >= 15 is 0 Å². The van der Waals surface area contributed by atoms with Crippen LogP contribution in [-0.2, 0) is 14.3 Å². The summed E-state index contributed by atoms with van der Waals surface area (Å²) in [6.45, 7) is 5.72. The Bertz CT molecular complexity index is 533. The van der Waals surface area contributed by atoms with Crippen LogP contribution >= 0.6 is 0 Å². The molecule has 6 heteroatoms. The number of likely N-dealkylation sites (N-methyl/N-ethyl adjacent to an activating group) is 1. The van der Waals surface area contributed by atoms with Crippen LogP contribution in [0.15, 0.2) is 0 Å². The van der Waals surface area contributed by atoms with Gasteiger partial charge in [0.1, 0.15) is 0 Å². The van der Waals surface area contributed by atoms with E-state index in [-0.39, 0.29) is 23.4 Å². The van der Waals surface area contributed by atoms with Crippen molar-refractivity contribution in [2.24, 2.45) is 5.41 Å². The molecule has 27 heavy (non-hydrogen) atoms. The number of likely N-dealkylation sites (tertiary alicyclic amines) is 1. The Hall–Kier alpha value is -1.14. The van der Waals surface area contributed by atoms with Crippen LogP contribution in [0.2, 0.25) is 0 Å². The molecule has 3 rings (SSSR count). The number of fused-ring (bicyclic) bond motifs is 2. The van der Waals surface area contributed by atoms with E-state index in [4.69, 9.17) is 4.74 Å². The Labute approximate surface area is 164 Å². The number of methoxy groups -OCH3 is 1. The molecule has 3 saturated heterocycles. The molecule has 0 aromatic rings. The highest BCUT2D eigenvalue weighted by atomic mass is 16.5. The topological polar surface area (TPSA) is 53.1 Å². The van der Waals surface area contributed by atoms with Gasteiger partial charge in [-0.1, -0.05) is 19.8 Å². The number of carbonyl (C=O) groups is 2. The Kier molecular flexibility index (Phi) is 6.79. The Morgan fingerprint density at radius 3 is 2.48 bits per heavy atom. The molecule has 0 unspecified atom stereocenters. The maximum Gasteiger partial charge on any atom is 0.237 e. The van der Waals surface area contributed by atoms with E-state index in [1.165, 1.54) is 12.8 Å². The predicted octanol–water partition coefficient (Wildman–Crippen LogP) is 2.13. The van der Waals surface area contributed by atoms with E-state index in [1.54, 1.807) is 7.11 Å². The van der Waals surface area contributed by atoms with Crippen LogP contribution in [0.3, 0.4) is 0 Å². The van der Waals surface area contributed by atoms with Crippen LogP contribution in [0.25, 0.3) is 0 Å². The standard InChI is InChI=1S/C21H37N3O3/c1-4-21(20(26)23-11-7-5-6-8-12-23)15-17-9-10-18(21)24(17)19(25)16-22(2)13-14-27-3/h17-18H,4-16H2,1-3H3/t17-,18+,21+/m0/s1. The first-order chi connectivity index (χ1) is 13.0. The van der Waals surface area contributed by atoms with Crippen LogP contribution in [0, 0.1) is 5.41 Å². The van der Waals surface area contributed by atoms with Crippen molar-refractivity contribution < 1.29 is 14.3 Å². The zero-order valence-corrected chi connectivity index (χ0v) is 17.4. The largest absolute Gasteiger partial charge is 0.383 e. The smallest absolute Gasteiger partial charge is 0.237 e. The molecular formula is C21H37N3O3. The molecule has 0 aromatic heterocycles. The van der Waals surface area contributed by atoms with Gasteiger partial charge in [0.15, 0.2) is 0 Å². The second kappa shape index (κ2) is 8.91. The van der Waals surface area contributed by atoms with Crippen LogP contribution in [0.1, 0.15) is 58.3 Å². The molecule has 2 amide bonds. The van der Waals surface area contributed by atoms with Crippen LogP contribution < -0.4 is 0 Å². The maximum absolute atomic E-state index is 13.6. The highest BCUT2D eigenvalue weighted by Gasteiger charge is 2.60. The number of amides is 2. The van der Waals surface area contributed by atoms with E-state index in [0.717, 1.165) is 58.2 Å². The molecule has 0 spiro atoms. The molecule has 3 aliphatic rings. The van der Waals surface area contributed by atoms with Crippen molar-refractivity contribution in [3.05, 3.63) is 0 Å². The van der Waals surface area contributed by atoms with Gasteiger partial charge in [0, 0.05) is 38.8 Å². The summed E-state index contributed by atoms with van der Waals surface area (Å²) in [5.41, 5.74) is -0.353. The van der Waals surface area contributed by atoms with Crippen molar-refractivity contribution >= 4 is 11.8 Å². The third-order valence-corrected chi connectivity index (χ3v) is 7.06. The first kappa shape index (κ1) is 20.6. The average molecular weight is 380 g/mol. The van der Waals surface area contributed by atoms with E-state index in [1.807, 2.05) is 11.9 Å². The van der Waals surface area contributed by atoms with Gasteiger partial charge in [0.25, 0.3) is 0 Å². The van der Waals surface area contributed by atoms with Gasteiger partial charge in [-0.3, -0.25) is 14.5 Å². The number of hydrogen-bond donors (Lipinski definition) is 0. The van der Waals surface area contributed by atoms with Crippen LogP contribution in [0.4, 0.5) is 0 Å². The van der Waals surface area contributed by atoms with Gasteiger partial charge in [0.2, 0.25) is 11.8 Å². The number of ether oxygens (including phenoxy) is 1. The fourth-order valence-electron chi connectivity index (χ4n) is 5.55. The lowest BCUT2D eigenvalue weighted by molar-refractivity contribution is -0.145. The summed E-state index contributed by atoms with van der Waals surface area (Å²) in [7, 11) is 3.64. The molecule has 3 heterocycles. The monoisotopic (exact) mass is 379 g/mol. The van der Waals surface area contributed by atoms with Gasteiger partial charge in [-0.2, -0.15) is 0 Å². The molecule has 3 fully saturated rings. The van der Waals surface area contributed by atoms with Crippen LogP contribution in [0.5, 0.6) is 0 Å². The normalized spacial score (nSPS) is 30.8. The highest BCUT2D eigenvalue weighted by molar-refractivity contribution is 5.87. The van der Waals surface area contributed by atoms with E-state index < -0.39 is 0 Å². The summed E-state index contributed by atoms with van der Waals surface area (Å²) < 4.78 is 5.12. The fourth-order valence-corrected chi connectivity index (χ4v) is 5.55. The van der Waals surface area contributed by atoms with Crippen molar-refractivity contribution in [3.63, 3.8) is 0 Å². The average Bonchev–Trinajstić information content (AvgIpc) is 3.10. The summed E-state index contributed by atoms with van der Waals surface area (Å²) in [6, 6.07) is 0.334. The molecule has 0 radical (unpaired) electrons. The molecule has 0 aromatic carbocycles. The molecule has 6 nitrogen and oxygen atoms in total. The number of carbonyl (C=O) groups excluding carboxylic acids is 2. The minimum absolute atomic E-state index is 0.0894. The molecule has 0 aliphatic carbocycles. The van der Waals surface area contributed by atoms with Gasteiger partial charge in [-0.15, -0.1) is 0 Å². The Morgan fingerprint density at radius 1 is 1.15 bits per heavy atom. The quantitative estimate of drug-likeness (QED) is 0.680. The van der Waals surface area contributed by atoms with Gasteiger partial charge >= 0.3 is 0 Å². The first-order valence-corrected chi connectivity index (χ1v) is 10.8. The molecule has 3 atom stereocenters. The van der Waals surface area contributed by atoms with Crippen molar-refractivity contribution in [2.45, 2.75) is 70.4 Å². The van der Waals surface area contributed by atoms with Crippen molar-refractivity contribution in [2.75, 3.05) is 46.9 Å². The zero-order valence-electron chi connectivity index (χ0n) is 17.4. The van der Waals surface area contributed by atoms with E-state index in [9.17, 15) is 9.59 Å². The third-order valence-electron chi connectivity index (χ3n) is 7.06. The van der Waals surface area contributed by atoms with Crippen molar-refractivity contribution in [1.82, 2.24) is 14.7 Å². The summed E-state index contributed by atoms with van der Waals surface area (Å²) in [4.78, 5) is 32.9. The molecule has 0 saturated carbocycles. The van der Waals surface area contributed by atoms with Gasteiger partial charge < -0.3 is 14.5 Å². The SMILES string of the molecule is CC[C@@]1(C(=O)N2CCCCCC2)C[C@@H]2CC[C@H]1N2C(=O)CN(C)CCOC. The maximum atomic E-state index is 13.6. The summed E-state index contributed by atoms with van der Waals surface area (Å²) >= 11 is 0. The number of hydrogen-bond acceptors (Lipinski definition) is 4. The van der Waals surface area contributed by atoms with Crippen molar-refractivity contribution in [3.8, 4) is 0 Å².